The van der Waals surface area contributed by atoms with Gasteiger partial charge in [0.2, 0.25) is 0 Å². The molecule has 0 spiro atoms. The first-order chi connectivity index (χ1) is 13.1. The Labute approximate surface area is 156 Å². The van der Waals surface area contributed by atoms with Gasteiger partial charge in [-0.15, -0.1) is 0 Å². The molecule has 3 rings (SSSR count). The number of urea groups is 1. The number of aryl methyl sites for hydroxylation is 2. The van der Waals surface area contributed by atoms with Crippen LogP contribution in [0.4, 0.5) is 4.79 Å². The Balaban J connectivity index is 1.49. The van der Waals surface area contributed by atoms with Crippen molar-refractivity contribution in [1.29, 1.82) is 0 Å². The van der Waals surface area contributed by atoms with Crippen LogP contribution in [0.15, 0.2) is 22.8 Å². The first kappa shape index (κ1) is 18.9. The Morgan fingerprint density at radius 2 is 1.96 bits per heavy atom. The van der Waals surface area contributed by atoms with E-state index in [0.29, 0.717) is 6.61 Å². The van der Waals surface area contributed by atoms with Crippen LogP contribution in [0.5, 0.6) is 0 Å². The van der Waals surface area contributed by atoms with Gasteiger partial charge in [-0.05, 0) is 42.5 Å². The molecule has 1 aliphatic carbocycles. The number of fused-ring (bicyclic) bond motifs is 2. The Morgan fingerprint density at radius 1 is 1.19 bits per heavy atom. The van der Waals surface area contributed by atoms with E-state index in [-0.39, 0.29) is 13.0 Å². The summed E-state index contributed by atoms with van der Waals surface area (Å²) in [4.78, 5) is 35.1. The van der Waals surface area contributed by atoms with Gasteiger partial charge in [-0.2, -0.15) is 0 Å². The van der Waals surface area contributed by atoms with Crippen molar-refractivity contribution in [3.8, 4) is 0 Å². The van der Waals surface area contributed by atoms with Crippen molar-refractivity contribution in [2.75, 3.05) is 26.9 Å². The highest BCUT2D eigenvalue weighted by Crippen LogP contribution is 2.30. The number of amides is 3. The zero-order valence-electron chi connectivity index (χ0n) is 15.1. The van der Waals surface area contributed by atoms with Gasteiger partial charge >= 0.3 is 12.0 Å². The molecule has 0 unspecified atom stereocenters. The van der Waals surface area contributed by atoms with E-state index in [2.05, 4.69) is 16.7 Å². The van der Waals surface area contributed by atoms with Gasteiger partial charge in [0.05, 0.1) is 19.3 Å². The minimum absolute atomic E-state index is 0.000891. The summed E-state index contributed by atoms with van der Waals surface area (Å²) in [6.45, 7) is 0.0762. The fraction of sp³-hybridized carbons (Fsp3) is 0.421. The predicted molar refractivity (Wildman–Crippen MR) is 96.3 cm³/mol. The molecule has 0 bridgehead atoms. The molecule has 1 aromatic carbocycles. The molecule has 0 atom stereocenters. The lowest BCUT2D eigenvalue weighted by Gasteiger charge is -2.07. The van der Waals surface area contributed by atoms with Crippen molar-refractivity contribution >= 4 is 28.9 Å². The third-order valence-corrected chi connectivity index (χ3v) is 4.41. The number of methoxy groups -OCH3 is 1. The van der Waals surface area contributed by atoms with Crippen LogP contribution in [0.2, 0.25) is 0 Å². The highest BCUT2D eigenvalue weighted by molar-refractivity contribution is 5.95. The molecule has 2 aromatic rings. The minimum atomic E-state index is -0.701. The summed E-state index contributed by atoms with van der Waals surface area (Å²) in [5.41, 5.74) is 4.06. The molecule has 0 fully saturated rings. The number of imide groups is 1. The van der Waals surface area contributed by atoms with Crippen molar-refractivity contribution in [3.05, 3.63) is 35.1 Å². The lowest BCUT2D eigenvalue weighted by Crippen LogP contribution is -2.42. The van der Waals surface area contributed by atoms with Gasteiger partial charge in [-0.25, -0.2) is 4.79 Å². The Bertz CT molecular complexity index is 857. The van der Waals surface area contributed by atoms with E-state index >= 15 is 0 Å². The second-order valence-corrected chi connectivity index (χ2v) is 6.37. The van der Waals surface area contributed by atoms with Gasteiger partial charge in [-0.1, -0.05) is 0 Å². The summed E-state index contributed by atoms with van der Waals surface area (Å²) in [7, 11) is 1.50. The number of hydrogen-bond acceptors (Lipinski definition) is 6. The average Bonchev–Trinajstić information content (AvgIpc) is 3.25. The first-order valence-electron chi connectivity index (χ1n) is 8.81. The van der Waals surface area contributed by atoms with Crippen LogP contribution in [0.25, 0.3) is 11.0 Å². The van der Waals surface area contributed by atoms with Gasteiger partial charge in [0.15, 0.2) is 6.61 Å². The summed E-state index contributed by atoms with van der Waals surface area (Å²) >= 11 is 0. The third-order valence-electron chi connectivity index (χ3n) is 4.41. The molecule has 1 heterocycles. The highest BCUT2D eigenvalue weighted by atomic mass is 16.5. The van der Waals surface area contributed by atoms with Crippen LogP contribution in [0.1, 0.15) is 23.1 Å². The van der Waals surface area contributed by atoms with Gasteiger partial charge in [-0.3, -0.25) is 14.9 Å². The number of carbonyl (C=O) groups is 3. The molecule has 8 heteroatoms. The van der Waals surface area contributed by atoms with E-state index in [9.17, 15) is 14.4 Å². The Morgan fingerprint density at radius 3 is 2.74 bits per heavy atom. The van der Waals surface area contributed by atoms with Crippen molar-refractivity contribution in [2.45, 2.75) is 25.7 Å². The van der Waals surface area contributed by atoms with Crippen LogP contribution in [0.3, 0.4) is 0 Å². The maximum Gasteiger partial charge on any atom is 0.321 e. The maximum absolute atomic E-state index is 12.0. The second-order valence-electron chi connectivity index (χ2n) is 6.37. The van der Waals surface area contributed by atoms with Crippen molar-refractivity contribution in [3.63, 3.8) is 0 Å². The lowest BCUT2D eigenvalue weighted by atomic mass is 10.0. The zero-order valence-corrected chi connectivity index (χ0v) is 15.1. The number of hydrogen-bond donors (Lipinski definition) is 2. The van der Waals surface area contributed by atoms with Gasteiger partial charge < -0.3 is 19.2 Å². The largest absolute Gasteiger partial charge is 0.464 e. The van der Waals surface area contributed by atoms with Gasteiger partial charge in [0.1, 0.15) is 5.58 Å². The predicted octanol–water partition coefficient (Wildman–Crippen LogP) is 1.48. The normalized spacial score (nSPS) is 12.6. The van der Waals surface area contributed by atoms with E-state index < -0.39 is 24.5 Å². The van der Waals surface area contributed by atoms with Gasteiger partial charge in [0.25, 0.3) is 5.91 Å². The van der Waals surface area contributed by atoms with E-state index in [1.165, 1.54) is 18.2 Å². The quantitative estimate of drug-likeness (QED) is 0.562. The number of esters is 1. The van der Waals surface area contributed by atoms with Crippen LogP contribution < -0.4 is 10.6 Å². The number of carbonyl (C=O) groups excluding carboxylic acids is 3. The first-order valence-corrected chi connectivity index (χ1v) is 8.81. The molecule has 3 amide bonds. The number of benzene rings is 1. The molecule has 27 heavy (non-hydrogen) atoms. The fourth-order valence-corrected chi connectivity index (χ4v) is 3.11. The number of ether oxygens (including phenoxy) is 2. The van der Waals surface area contributed by atoms with Crippen LogP contribution in [0, 0.1) is 0 Å². The number of nitrogens with one attached hydrogen (secondary N) is 2. The van der Waals surface area contributed by atoms with E-state index in [1.807, 2.05) is 6.07 Å². The molecule has 144 valence electrons. The monoisotopic (exact) mass is 374 g/mol. The number of furan rings is 1. The molecular formula is C19H22N2O6. The molecule has 2 N–H and O–H groups in total. The lowest BCUT2D eigenvalue weighted by molar-refractivity contribution is -0.147. The highest BCUT2D eigenvalue weighted by Gasteiger charge is 2.18. The maximum atomic E-state index is 12.0. The van der Waals surface area contributed by atoms with Crippen molar-refractivity contribution < 1.29 is 28.3 Å². The molecule has 0 saturated heterocycles. The molecular weight excluding hydrogens is 352 g/mol. The Hall–Kier alpha value is -2.87. The van der Waals surface area contributed by atoms with Crippen molar-refractivity contribution in [1.82, 2.24) is 10.6 Å². The summed E-state index contributed by atoms with van der Waals surface area (Å²) < 4.78 is 15.3. The topological polar surface area (TPSA) is 107 Å². The summed E-state index contributed by atoms with van der Waals surface area (Å²) in [5, 5.41) is 5.40. The van der Waals surface area contributed by atoms with Crippen LogP contribution in [-0.4, -0.2) is 44.8 Å². The van der Waals surface area contributed by atoms with Gasteiger partial charge in [0, 0.05) is 24.6 Å². The summed E-state index contributed by atoms with van der Waals surface area (Å²) in [5.74, 6) is -1.26. The average molecular weight is 374 g/mol. The third kappa shape index (κ3) is 4.85. The minimum Gasteiger partial charge on any atom is -0.464 e. The van der Waals surface area contributed by atoms with Crippen LogP contribution in [-0.2, 0) is 38.3 Å². The van der Waals surface area contributed by atoms with Crippen molar-refractivity contribution in [2.24, 2.45) is 0 Å². The van der Waals surface area contributed by atoms with Crippen LogP contribution >= 0.6 is 0 Å². The molecule has 1 aliphatic rings. The molecule has 8 nitrogen and oxygen atoms in total. The Kier molecular flexibility index (Phi) is 6.08. The van der Waals surface area contributed by atoms with E-state index in [0.717, 1.165) is 35.8 Å². The molecule has 1 aromatic heterocycles. The molecule has 0 saturated carbocycles. The van der Waals surface area contributed by atoms with E-state index in [4.69, 9.17) is 13.9 Å². The number of rotatable bonds is 7. The molecule has 0 aliphatic heterocycles. The van der Waals surface area contributed by atoms with E-state index in [1.54, 1.807) is 6.26 Å². The summed E-state index contributed by atoms with van der Waals surface area (Å²) in [6.07, 6.45) is 4.77. The fourth-order valence-electron chi connectivity index (χ4n) is 3.11. The molecule has 0 radical (unpaired) electrons. The zero-order chi connectivity index (χ0) is 19.2. The smallest absolute Gasteiger partial charge is 0.321 e. The second kappa shape index (κ2) is 8.68. The standard InChI is InChI=1S/C19H22N2O6/c1-25-6-5-20-19(24)21-17(22)11-27-18(23)9-14-10-26-16-8-13-4-2-3-12(13)7-15(14)16/h7-8,10H,2-6,9,11H2,1H3,(H2,20,21,22,24). The summed E-state index contributed by atoms with van der Waals surface area (Å²) in [6, 6.07) is 3.44. The SMILES string of the molecule is COCCNC(=O)NC(=O)COC(=O)Cc1coc2cc3c(cc12)CCC3.